The number of hydrogen-bond acceptors (Lipinski definition) is 7. The zero-order chi connectivity index (χ0) is 13.5. The van der Waals surface area contributed by atoms with Gasteiger partial charge in [0.2, 0.25) is 5.95 Å². The summed E-state index contributed by atoms with van der Waals surface area (Å²) in [7, 11) is 1.75. The summed E-state index contributed by atoms with van der Waals surface area (Å²) in [6, 6.07) is 0.323. The third-order valence-electron chi connectivity index (χ3n) is 1.97. The highest BCUT2D eigenvalue weighted by atomic mass is 32.2. The Kier molecular flexibility index (Phi) is 6.14. The summed E-state index contributed by atoms with van der Waals surface area (Å²) >= 11 is 1.48. The normalized spacial score (nSPS) is 12.6. The van der Waals surface area contributed by atoms with E-state index in [0.29, 0.717) is 17.1 Å². The molecule has 0 radical (unpaired) electrons. The van der Waals surface area contributed by atoms with E-state index < -0.39 is 0 Å². The van der Waals surface area contributed by atoms with Gasteiger partial charge in [-0.3, -0.25) is 0 Å². The number of ether oxygens (including phenoxy) is 1. The van der Waals surface area contributed by atoms with E-state index >= 15 is 0 Å². The van der Waals surface area contributed by atoms with Gasteiger partial charge in [0, 0.05) is 19.4 Å². The standard InChI is InChI=1S/C11H20N4O2S/c1-7(2)17-10-13-9(12-4)14-11(15-10)18-6-8(3)5-16/h7-8,16H,5-6H2,1-4H3,(H,12,13,14,15). The summed E-state index contributed by atoms with van der Waals surface area (Å²) in [5, 5.41) is 12.5. The summed E-state index contributed by atoms with van der Waals surface area (Å²) < 4.78 is 5.47. The molecule has 0 saturated heterocycles. The van der Waals surface area contributed by atoms with Crippen LogP contribution in [-0.4, -0.2) is 45.6 Å². The van der Waals surface area contributed by atoms with Crippen molar-refractivity contribution in [3.8, 4) is 6.01 Å². The van der Waals surface area contributed by atoms with E-state index in [1.807, 2.05) is 20.8 Å². The van der Waals surface area contributed by atoms with Crippen molar-refractivity contribution in [1.29, 1.82) is 0 Å². The molecule has 0 aliphatic heterocycles. The lowest BCUT2D eigenvalue weighted by Gasteiger charge is -2.11. The van der Waals surface area contributed by atoms with Gasteiger partial charge < -0.3 is 15.2 Å². The zero-order valence-corrected chi connectivity index (χ0v) is 12.0. The Balaban J connectivity index is 2.76. The topological polar surface area (TPSA) is 80.2 Å². The van der Waals surface area contributed by atoms with Gasteiger partial charge >= 0.3 is 6.01 Å². The number of aliphatic hydroxyl groups excluding tert-OH is 1. The first kappa shape index (κ1) is 15.0. The highest BCUT2D eigenvalue weighted by molar-refractivity contribution is 7.99. The molecule has 0 aromatic carbocycles. The fraction of sp³-hybridized carbons (Fsp3) is 0.727. The Hall–Kier alpha value is -1.08. The molecule has 0 aliphatic rings. The fourth-order valence-electron chi connectivity index (χ4n) is 1.05. The molecule has 1 unspecified atom stereocenters. The van der Waals surface area contributed by atoms with Crippen molar-refractivity contribution in [2.75, 3.05) is 24.7 Å². The van der Waals surface area contributed by atoms with E-state index in [1.54, 1.807) is 7.05 Å². The first-order valence-electron chi connectivity index (χ1n) is 5.89. The molecule has 6 nitrogen and oxygen atoms in total. The lowest BCUT2D eigenvalue weighted by molar-refractivity contribution is 0.219. The zero-order valence-electron chi connectivity index (χ0n) is 11.2. The third kappa shape index (κ3) is 5.05. The monoisotopic (exact) mass is 272 g/mol. The Bertz CT molecular complexity index is 376. The van der Waals surface area contributed by atoms with Crippen LogP contribution in [0.1, 0.15) is 20.8 Å². The second-order valence-corrected chi connectivity index (χ2v) is 5.23. The molecule has 0 bridgehead atoms. The molecule has 1 aromatic rings. The van der Waals surface area contributed by atoms with Crippen molar-refractivity contribution in [3.63, 3.8) is 0 Å². The second kappa shape index (κ2) is 7.38. The minimum absolute atomic E-state index is 0.0197. The number of thioether (sulfide) groups is 1. The Morgan fingerprint density at radius 2 is 2.00 bits per heavy atom. The number of nitrogens with zero attached hydrogens (tertiary/aromatic N) is 3. The molecular formula is C11H20N4O2S. The number of aliphatic hydroxyl groups is 1. The summed E-state index contributed by atoms with van der Waals surface area (Å²) in [4.78, 5) is 12.6. The van der Waals surface area contributed by atoms with Crippen molar-refractivity contribution in [1.82, 2.24) is 15.0 Å². The molecule has 0 aliphatic carbocycles. The molecule has 1 aromatic heterocycles. The predicted octanol–water partition coefficient (Wildman–Crippen LogP) is 1.42. The highest BCUT2D eigenvalue weighted by Gasteiger charge is 2.10. The van der Waals surface area contributed by atoms with Crippen LogP contribution in [0.15, 0.2) is 5.16 Å². The Labute approximate surface area is 112 Å². The average molecular weight is 272 g/mol. The third-order valence-corrected chi connectivity index (χ3v) is 3.14. The molecule has 18 heavy (non-hydrogen) atoms. The van der Waals surface area contributed by atoms with Crippen LogP contribution < -0.4 is 10.1 Å². The number of aromatic nitrogens is 3. The molecular weight excluding hydrogens is 252 g/mol. The van der Waals surface area contributed by atoms with Gasteiger partial charge in [0.15, 0.2) is 5.16 Å². The molecule has 0 amide bonds. The summed E-state index contributed by atoms with van der Waals surface area (Å²) in [6.45, 7) is 5.97. The molecule has 1 atom stereocenters. The van der Waals surface area contributed by atoms with Crippen molar-refractivity contribution in [2.24, 2.45) is 5.92 Å². The van der Waals surface area contributed by atoms with Gasteiger partial charge in [0.25, 0.3) is 0 Å². The van der Waals surface area contributed by atoms with Crippen LogP contribution in [0.5, 0.6) is 6.01 Å². The molecule has 0 spiro atoms. The molecule has 2 N–H and O–H groups in total. The SMILES string of the molecule is CNc1nc(OC(C)C)nc(SCC(C)CO)n1. The highest BCUT2D eigenvalue weighted by Crippen LogP contribution is 2.20. The second-order valence-electron chi connectivity index (χ2n) is 4.24. The lowest BCUT2D eigenvalue weighted by Crippen LogP contribution is -2.11. The van der Waals surface area contributed by atoms with Gasteiger partial charge in [-0.15, -0.1) is 0 Å². The fourth-order valence-corrected chi connectivity index (χ4v) is 1.88. The lowest BCUT2D eigenvalue weighted by atomic mass is 10.2. The van der Waals surface area contributed by atoms with E-state index in [1.165, 1.54) is 11.8 Å². The molecule has 7 heteroatoms. The van der Waals surface area contributed by atoms with Crippen molar-refractivity contribution < 1.29 is 9.84 Å². The first-order chi connectivity index (χ1) is 8.55. The van der Waals surface area contributed by atoms with Crippen LogP contribution >= 0.6 is 11.8 Å². The number of hydrogen-bond donors (Lipinski definition) is 2. The van der Waals surface area contributed by atoms with Crippen molar-refractivity contribution in [2.45, 2.75) is 32.0 Å². The van der Waals surface area contributed by atoms with Crippen LogP contribution in [0.4, 0.5) is 5.95 Å². The summed E-state index contributed by atoms with van der Waals surface area (Å²) in [6.07, 6.45) is 0.0197. The van der Waals surface area contributed by atoms with Crippen LogP contribution in [0.3, 0.4) is 0 Å². The van der Waals surface area contributed by atoms with Gasteiger partial charge in [-0.05, 0) is 19.8 Å². The van der Waals surface area contributed by atoms with E-state index in [9.17, 15) is 0 Å². The molecule has 0 fully saturated rings. The van der Waals surface area contributed by atoms with Crippen LogP contribution in [0.25, 0.3) is 0 Å². The number of anilines is 1. The maximum absolute atomic E-state index is 8.98. The van der Waals surface area contributed by atoms with E-state index in [0.717, 1.165) is 5.75 Å². The minimum Gasteiger partial charge on any atom is -0.461 e. The summed E-state index contributed by atoms with van der Waals surface area (Å²) in [5.41, 5.74) is 0. The quantitative estimate of drug-likeness (QED) is 0.727. The van der Waals surface area contributed by atoms with Gasteiger partial charge in [-0.1, -0.05) is 18.7 Å². The average Bonchev–Trinajstić information content (AvgIpc) is 2.34. The maximum atomic E-state index is 8.98. The van der Waals surface area contributed by atoms with Crippen molar-refractivity contribution in [3.05, 3.63) is 0 Å². The van der Waals surface area contributed by atoms with Crippen LogP contribution in [0.2, 0.25) is 0 Å². The van der Waals surface area contributed by atoms with Gasteiger partial charge in [0.1, 0.15) is 0 Å². The summed E-state index contributed by atoms with van der Waals surface area (Å²) in [5.74, 6) is 1.45. The largest absolute Gasteiger partial charge is 0.461 e. The van der Waals surface area contributed by atoms with Gasteiger partial charge in [-0.2, -0.15) is 15.0 Å². The molecule has 0 saturated carbocycles. The molecule has 102 valence electrons. The minimum atomic E-state index is 0.0197. The van der Waals surface area contributed by atoms with E-state index in [-0.39, 0.29) is 18.6 Å². The van der Waals surface area contributed by atoms with Gasteiger partial charge in [-0.25, -0.2) is 0 Å². The molecule has 1 rings (SSSR count). The smallest absolute Gasteiger partial charge is 0.322 e. The van der Waals surface area contributed by atoms with Crippen LogP contribution in [0, 0.1) is 5.92 Å². The first-order valence-corrected chi connectivity index (χ1v) is 6.87. The Morgan fingerprint density at radius 3 is 2.56 bits per heavy atom. The van der Waals surface area contributed by atoms with E-state index in [4.69, 9.17) is 9.84 Å². The van der Waals surface area contributed by atoms with Crippen LogP contribution in [-0.2, 0) is 0 Å². The van der Waals surface area contributed by atoms with E-state index in [2.05, 4.69) is 20.3 Å². The molecule has 1 heterocycles. The van der Waals surface area contributed by atoms with Gasteiger partial charge in [0.05, 0.1) is 6.10 Å². The van der Waals surface area contributed by atoms with Crippen molar-refractivity contribution >= 4 is 17.7 Å². The predicted molar refractivity (Wildman–Crippen MR) is 72.1 cm³/mol. The Morgan fingerprint density at radius 1 is 1.28 bits per heavy atom. The number of rotatable bonds is 7. The number of nitrogens with one attached hydrogen (secondary N) is 1. The maximum Gasteiger partial charge on any atom is 0.322 e.